The number of thioether (sulfide) groups is 1. The monoisotopic (exact) mass is 261 g/mol. The third kappa shape index (κ3) is 2.15. The van der Waals surface area contributed by atoms with Crippen LogP contribution in [-0.2, 0) is 6.42 Å². The Morgan fingerprint density at radius 2 is 2.18 bits per heavy atom. The largest absolute Gasteiger partial charge is 0.312 e. The number of nitrogens with one attached hydrogen (secondary N) is 1. The summed E-state index contributed by atoms with van der Waals surface area (Å²) in [5.74, 6) is 0. The Bertz CT molecular complexity index is 468. The summed E-state index contributed by atoms with van der Waals surface area (Å²) >= 11 is 3.79. The molecule has 2 atom stereocenters. The van der Waals surface area contributed by atoms with Crippen molar-refractivity contribution in [2.75, 3.05) is 7.05 Å². The minimum absolute atomic E-state index is 0.457. The average Bonchev–Trinajstić information content (AvgIpc) is 2.98. The molecule has 88 valence electrons. The maximum Gasteiger partial charge on any atom is 0.0453 e. The molecule has 3 rings (SSSR count). The van der Waals surface area contributed by atoms with Gasteiger partial charge in [-0.3, -0.25) is 0 Å². The standard InChI is InChI=1S/C14H15NS2/c1-15-14(11-6-7-16-9-11)13-8-10-4-2-3-5-12(10)17-13/h2-7,9,13-15H,8H2,1H3. The first-order valence-electron chi connectivity index (χ1n) is 5.82. The fraction of sp³-hybridized carbons (Fsp3) is 0.286. The van der Waals surface area contributed by atoms with E-state index in [0.29, 0.717) is 11.3 Å². The molecule has 0 radical (unpaired) electrons. The van der Waals surface area contributed by atoms with Gasteiger partial charge >= 0.3 is 0 Å². The Hall–Kier alpha value is -0.770. The van der Waals surface area contributed by atoms with Crippen molar-refractivity contribution in [2.24, 2.45) is 0 Å². The lowest BCUT2D eigenvalue weighted by Gasteiger charge is -2.21. The maximum absolute atomic E-state index is 3.47. The van der Waals surface area contributed by atoms with E-state index < -0.39 is 0 Å². The molecular weight excluding hydrogens is 246 g/mol. The van der Waals surface area contributed by atoms with Gasteiger partial charge in [-0.05, 0) is 47.5 Å². The van der Waals surface area contributed by atoms with E-state index >= 15 is 0 Å². The number of benzene rings is 1. The third-order valence-electron chi connectivity index (χ3n) is 3.26. The Morgan fingerprint density at radius 1 is 1.29 bits per heavy atom. The molecule has 0 saturated carbocycles. The lowest BCUT2D eigenvalue weighted by atomic mass is 10.0. The molecule has 2 unspecified atom stereocenters. The predicted molar refractivity (Wildman–Crippen MR) is 75.9 cm³/mol. The van der Waals surface area contributed by atoms with E-state index in [9.17, 15) is 0 Å². The molecule has 1 aromatic heterocycles. The van der Waals surface area contributed by atoms with Crippen molar-refractivity contribution in [3.63, 3.8) is 0 Å². The van der Waals surface area contributed by atoms with Crippen molar-refractivity contribution in [3.05, 3.63) is 52.2 Å². The smallest absolute Gasteiger partial charge is 0.0453 e. The van der Waals surface area contributed by atoms with Gasteiger partial charge in [-0.2, -0.15) is 11.3 Å². The molecule has 0 saturated heterocycles. The van der Waals surface area contributed by atoms with Gasteiger partial charge in [-0.25, -0.2) is 0 Å². The van der Waals surface area contributed by atoms with E-state index in [1.165, 1.54) is 22.4 Å². The number of hydrogen-bond donors (Lipinski definition) is 1. The number of thiophene rings is 1. The zero-order valence-corrected chi connectivity index (χ0v) is 11.4. The van der Waals surface area contributed by atoms with Crippen LogP contribution in [0.15, 0.2) is 46.0 Å². The molecule has 3 heteroatoms. The van der Waals surface area contributed by atoms with Crippen LogP contribution in [0.1, 0.15) is 17.2 Å². The van der Waals surface area contributed by atoms with Gasteiger partial charge in [0.05, 0.1) is 0 Å². The summed E-state index contributed by atoms with van der Waals surface area (Å²) in [7, 11) is 2.06. The predicted octanol–water partition coefficient (Wildman–Crippen LogP) is 3.73. The molecule has 17 heavy (non-hydrogen) atoms. The maximum atomic E-state index is 3.47. The van der Waals surface area contributed by atoms with Crippen LogP contribution < -0.4 is 5.32 Å². The topological polar surface area (TPSA) is 12.0 Å². The van der Waals surface area contributed by atoms with Crippen molar-refractivity contribution in [1.82, 2.24) is 5.32 Å². The Balaban J connectivity index is 1.83. The van der Waals surface area contributed by atoms with Crippen LogP contribution in [0.5, 0.6) is 0 Å². The Kier molecular flexibility index (Phi) is 3.23. The first kappa shape index (κ1) is 11.3. The van der Waals surface area contributed by atoms with Gasteiger partial charge in [0.1, 0.15) is 0 Å². The van der Waals surface area contributed by atoms with Crippen molar-refractivity contribution >= 4 is 23.1 Å². The highest BCUT2D eigenvalue weighted by Gasteiger charge is 2.29. The van der Waals surface area contributed by atoms with Crippen LogP contribution in [0.3, 0.4) is 0 Å². The summed E-state index contributed by atoms with van der Waals surface area (Å²) in [6.45, 7) is 0. The summed E-state index contributed by atoms with van der Waals surface area (Å²) in [6.07, 6.45) is 1.17. The number of hydrogen-bond acceptors (Lipinski definition) is 3. The van der Waals surface area contributed by atoms with Crippen LogP contribution in [0, 0.1) is 0 Å². The van der Waals surface area contributed by atoms with E-state index in [2.05, 4.69) is 53.5 Å². The molecule has 0 amide bonds. The summed E-state index contributed by atoms with van der Waals surface area (Å²) in [6, 6.07) is 11.4. The zero-order valence-electron chi connectivity index (χ0n) is 9.72. The second-order valence-corrected chi connectivity index (χ2v) is 6.35. The fourth-order valence-electron chi connectivity index (χ4n) is 2.41. The van der Waals surface area contributed by atoms with Gasteiger partial charge in [0.25, 0.3) is 0 Å². The Labute approximate surface area is 110 Å². The molecule has 1 aromatic carbocycles. The van der Waals surface area contributed by atoms with Crippen LogP contribution in [0.4, 0.5) is 0 Å². The second kappa shape index (κ2) is 4.84. The summed E-state index contributed by atoms with van der Waals surface area (Å²) in [5.41, 5.74) is 2.92. The molecule has 1 aliphatic rings. The van der Waals surface area contributed by atoms with E-state index in [1.807, 2.05) is 11.8 Å². The highest BCUT2D eigenvalue weighted by Crippen LogP contribution is 2.42. The van der Waals surface area contributed by atoms with Gasteiger partial charge < -0.3 is 5.32 Å². The van der Waals surface area contributed by atoms with Crippen LogP contribution >= 0.6 is 23.1 Å². The summed E-state index contributed by atoms with van der Waals surface area (Å²) < 4.78 is 0. The summed E-state index contributed by atoms with van der Waals surface area (Å²) in [4.78, 5) is 1.45. The van der Waals surface area contributed by atoms with Gasteiger partial charge in [0.15, 0.2) is 0 Å². The van der Waals surface area contributed by atoms with Crippen molar-refractivity contribution in [1.29, 1.82) is 0 Å². The molecule has 2 heterocycles. The van der Waals surface area contributed by atoms with E-state index in [4.69, 9.17) is 0 Å². The molecule has 1 aliphatic heterocycles. The lowest BCUT2D eigenvalue weighted by Crippen LogP contribution is -2.26. The SMILES string of the molecule is CNC(c1ccsc1)C1Cc2ccccc2S1. The molecule has 0 spiro atoms. The quantitative estimate of drug-likeness (QED) is 0.903. The second-order valence-electron chi connectivity index (χ2n) is 4.29. The Morgan fingerprint density at radius 3 is 2.88 bits per heavy atom. The van der Waals surface area contributed by atoms with Crippen molar-refractivity contribution < 1.29 is 0 Å². The molecule has 2 aromatic rings. The van der Waals surface area contributed by atoms with Gasteiger partial charge in [-0.15, -0.1) is 11.8 Å². The van der Waals surface area contributed by atoms with Gasteiger partial charge in [-0.1, -0.05) is 18.2 Å². The molecular formula is C14H15NS2. The minimum atomic E-state index is 0.457. The molecule has 0 bridgehead atoms. The highest BCUT2D eigenvalue weighted by atomic mass is 32.2. The van der Waals surface area contributed by atoms with Crippen LogP contribution in [0.2, 0.25) is 0 Å². The molecule has 1 nitrogen and oxygen atoms in total. The third-order valence-corrected chi connectivity index (χ3v) is 5.35. The fourth-order valence-corrected chi connectivity index (χ4v) is 4.59. The minimum Gasteiger partial charge on any atom is -0.312 e. The highest BCUT2D eigenvalue weighted by molar-refractivity contribution is 8.00. The first-order chi connectivity index (χ1) is 8.38. The van der Waals surface area contributed by atoms with Crippen molar-refractivity contribution in [3.8, 4) is 0 Å². The first-order valence-corrected chi connectivity index (χ1v) is 7.64. The van der Waals surface area contributed by atoms with E-state index in [0.717, 1.165) is 0 Å². The molecule has 1 N–H and O–H groups in total. The average molecular weight is 261 g/mol. The van der Waals surface area contributed by atoms with Crippen LogP contribution in [0.25, 0.3) is 0 Å². The van der Waals surface area contributed by atoms with E-state index in [1.54, 1.807) is 11.3 Å². The number of rotatable bonds is 3. The zero-order chi connectivity index (χ0) is 11.7. The molecule has 0 fully saturated rings. The lowest BCUT2D eigenvalue weighted by molar-refractivity contribution is 0.570. The normalized spacial score (nSPS) is 20.2. The van der Waals surface area contributed by atoms with E-state index in [-0.39, 0.29) is 0 Å². The summed E-state index contributed by atoms with van der Waals surface area (Å²) in [5, 5.41) is 8.50. The van der Waals surface area contributed by atoms with Crippen LogP contribution in [-0.4, -0.2) is 12.3 Å². The molecule has 0 aliphatic carbocycles. The van der Waals surface area contributed by atoms with Crippen molar-refractivity contribution in [2.45, 2.75) is 22.6 Å². The number of fused-ring (bicyclic) bond motifs is 1. The van der Waals surface area contributed by atoms with Gasteiger partial charge in [0.2, 0.25) is 0 Å². The van der Waals surface area contributed by atoms with Gasteiger partial charge in [0, 0.05) is 16.2 Å².